The molecule has 2 heteroatoms. The van der Waals surface area contributed by atoms with Crippen LogP contribution in [0.2, 0.25) is 0 Å². The van der Waals surface area contributed by atoms with Crippen molar-refractivity contribution < 1.29 is 0 Å². The molecular formula is C16H20N2. The second-order valence-corrected chi connectivity index (χ2v) is 4.09. The summed E-state index contributed by atoms with van der Waals surface area (Å²) in [5, 5.41) is 8.70. The zero-order chi connectivity index (χ0) is 13.4. The minimum Gasteiger partial charge on any atom is -0.372 e. The molecule has 0 aliphatic rings. The molecule has 0 aromatic heterocycles. The van der Waals surface area contributed by atoms with Crippen LogP contribution in [0.15, 0.2) is 48.1 Å². The Morgan fingerprint density at radius 2 is 1.83 bits per heavy atom. The largest absolute Gasteiger partial charge is 0.372 e. The SMILES string of the molecule is CCN(CC)C(=CC(C)=CC#N)c1ccccc1. The Hall–Kier alpha value is -2.01. The number of hydrogen-bond donors (Lipinski definition) is 0. The third-order valence-corrected chi connectivity index (χ3v) is 2.83. The summed E-state index contributed by atoms with van der Waals surface area (Å²) < 4.78 is 0. The van der Waals surface area contributed by atoms with Crippen molar-refractivity contribution in [2.75, 3.05) is 13.1 Å². The van der Waals surface area contributed by atoms with Crippen molar-refractivity contribution in [1.82, 2.24) is 4.90 Å². The number of nitriles is 1. The van der Waals surface area contributed by atoms with Crippen LogP contribution in [0.5, 0.6) is 0 Å². The number of nitrogens with zero attached hydrogens (tertiary/aromatic N) is 2. The molecule has 2 nitrogen and oxygen atoms in total. The van der Waals surface area contributed by atoms with Gasteiger partial charge >= 0.3 is 0 Å². The molecule has 0 radical (unpaired) electrons. The molecule has 94 valence electrons. The Bertz CT molecular complexity index is 460. The van der Waals surface area contributed by atoms with Gasteiger partial charge in [0.05, 0.1) is 6.07 Å². The Morgan fingerprint density at radius 3 is 2.33 bits per heavy atom. The second kappa shape index (κ2) is 7.34. The lowest BCUT2D eigenvalue weighted by molar-refractivity contribution is 0.441. The molecule has 0 N–H and O–H groups in total. The first-order valence-electron chi connectivity index (χ1n) is 6.31. The van der Waals surface area contributed by atoms with Gasteiger partial charge in [0.15, 0.2) is 0 Å². The van der Waals surface area contributed by atoms with E-state index >= 15 is 0 Å². The molecule has 0 atom stereocenters. The summed E-state index contributed by atoms with van der Waals surface area (Å²) in [7, 11) is 0. The van der Waals surface area contributed by atoms with E-state index in [0.717, 1.165) is 18.7 Å². The van der Waals surface area contributed by atoms with Crippen molar-refractivity contribution in [3.63, 3.8) is 0 Å². The summed E-state index contributed by atoms with van der Waals surface area (Å²) >= 11 is 0. The van der Waals surface area contributed by atoms with E-state index in [1.54, 1.807) is 6.08 Å². The standard InChI is InChI=1S/C16H20N2/c1-4-18(5-2)16(13-14(3)11-12-17)15-9-7-6-8-10-15/h6-11,13H,4-5H2,1-3H3. The van der Waals surface area contributed by atoms with Crippen LogP contribution in [0, 0.1) is 11.3 Å². The van der Waals surface area contributed by atoms with E-state index in [1.807, 2.05) is 25.1 Å². The van der Waals surface area contributed by atoms with Crippen molar-refractivity contribution in [3.8, 4) is 6.07 Å². The molecule has 0 unspecified atom stereocenters. The number of hydrogen-bond acceptors (Lipinski definition) is 2. The smallest absolute Gasteiger partial charge is 0.0914 e. The normalized spacial score (nSPS) is 12.1. The Kier molecular flexibility index (Phi) is 5.73. The fourth-order valence-corrected chi connectivity index (χ4v) is 1.89. The van der Waals surface area contributed by atoms with E-state index in [2.05, 4.69) is 43.0 Å². The van der Waals surface area contributed by atoms with Crippen LogP contribution in [0.4, 0.5) is 0 Å². The van der Waals surface area contributed by atoms with Crippen molar-refractivity contribution in [3.05, 3.63) is 53.6 Å². The number of allylic oxidation sites excluding steroid dienone is 3. The lowest BCUT2D eigenvalue weighted by Gasteiger charge is -2.25. The highest BCUT2D eigenvalue weighted by molar-refractivity contribution is 5.66. The molecule has 18 heavy (non-hydrogen) atoms. The van der Waals surface area contributed by atoms with E-state index in [0.29, 0.717) is 0 Å². The first-order chi connectivity index (χ1) is 8.72. The van der Waals surface area contributed by atoms with Gasteiger partial charge in [-0.1, -0.05) is 30.3 Å². The number of rotatable bonds is 5. The summed E-state index contributed by atoms with van der Waals surface area (Å²) in [6.07, 6.45) is 3.65. The second-order valence-electron chi connectivity index (χ2n) is 4.09. The van der Waals surface area contributed by atoms with Crippen LogP contribution in [0.25, 0.3) is 5.70 Å². The summed E-state index contributed by atoms with van der Waals surface area (Å²) in [5.41, 5.74) is 3.33. The molecule has 1 aromatic rings. The highest BCUT2D eigenvalue weighted by Gasteiger charge is 2.07. The van der Waals surface area contributed by atoms with E-state index < -0.39 is 0 Å². The molecule has 1 rings (SSSR count). The molecule has 0 aliphatic carbocycles. The first-order valence-corrected chi connectivity index (χ1v) is 6.31. The molecule has 0 saturated carbocycles. The monoisotopic (exact) mass is 240 g/mol. The van der Waals surface area contributed by atoms with Crippen LogP contribution in [-0.4, -0.2) is 18.0 Å². The fraction of sp³-hybridized carbons (Fsp3) is 0.312. The van der Waals surface area contributed by atoms with E-state index in [4.69, 9.17) is 5.26 Å². The van der Waals surface area contributed by atoms with Gasteiger partial charge in [-0.25, -0.2) is 0 Å². The molecule has 0 spiro atoms. The maximum atomic E-state index is 8.70. The molecule has 0 fully saturated rings. The van der Waals surface area contributed by atoms with Crippen molar-refractivity contribution >= 4 is 5.70 Å². The third-order valence-electron chi connectivity index (χ3n) is 2.83. The molecule has 1 aromatic carbocycles. The molecular weight excluding hydrogens is 220 g/mol. The summed E-state index contributed by atoms with van der Waals surface area (Å²) in [6.45, 7) is 8.15. The lowest BCUT2D eigenvalue weighted by Crippen LogP contribution is -2.21. The minimum absolute atomic E-state index is 0.955. The quantitative estimate of drug-likeness (QED) is 0.577. The van der Waals surface area contributed by atoms with Gasteiger partial charge in [0, 0.05) is 24.9 Å². The minimum atomic E-state index is 0.955. The van der Waals surface area contributed by atoms with Gasteiger partial charge in [-0.2, -0.15) is 5.26 Å². The zero-order valence-electron chi connectivity index (χ0n) is 11.4. The molecule has 0 aliphatic heterocycles. The van der Waals surface area contributed by atoms with Crippen molar-refractivity contribution in [2.45, 2.75) is 20.8 Å². The number of benzene rings is 1. The van der Waals surface area contributed by atoms with Gasteiger partial charge in [0.25, 0.3) is 0 Å². The Labute approximate surface area is 110 Å². The fourth-order valence-electron chi connectivity index (χ4n) is 1.89. The van der Waals surface area contributed by atoms with Crippen molar-refractivity contribution in [1.29, 1.82) is 5.26 Å². The average Bonchev–Trinajstić information content (AvgIpc) is 2.40. The predicted molar refractivity (Wildman–Crippen MR) is 76.7 cm³/mol. The molecule has 0 bridgehead atoms. The average molecular weight is 240 g/mol. The van der Waals surface area contributed by atoms with Crippen molar-refractivity contribution in [2.24, 2.45) is 0 Å². The predicted octanol–water partition coefficient (Wildman–Crippen LogP) is 3.84. The maximum absolute atomic E-state index is 8.70. The molecule has 0 amide bonds. The van der Waals surface area contributed by atoms with Gasteiger partial charge in [-0.3, -0.25) is 0 Å². The summed E-state index contributed by atoms with van der Waals surface area (Å²) in [4.78, 5) is 2.30. The zero-order valence-corrected chi connectivity index (χ0v) is 11.4. The van der Waals surface area contributed by atoms with Gasteiger partial charge in [-0.15, -0.1) is 0 Å². The van der Waals surface area contributed by atoms with E-state index in [9.17, 15) is 0 Å². The highest BCUT2D eigenvalue weighted by Crippen LogP contribution is 2.20. The van der Waals surface area contributed by atoms with Crippen LogP contribution >= 0.6 is 0 Å². The van der Waals surface area contributed by atoms with E-state index in [-0.39, 0.29) is 0 Å². The van der Waals surface area contributed by atoms with Gasteiger partial charge in [0.1, 0.15) is 0 Å². The maximum Gasteiger partial charge on any atom is 0.0914 e. The molecule has 0 saturated heterocycles. The van der Waals surface area contributed by atoms with Crippen LogP contribution in [0.1, 0.15) is 26.3 Å². The lowest BCUT2D eigenvalue weighted by atomic mass is 10.1. The summed E-state index contributed by atoms with van der Waals surface area (Å²) in [6, 6.07) is 12.4. The Balaban J connectivity index is 3.19. The third kappa shape index (κ3) is 3.78. The van der Waals surface area contributed by atoms with Gasteiger partial charge in [0.2, 0.25) is 0 Å². The van der Waals surface area contributed by atoms with Gasteiger partial charge < -0.3 is 4.90 Å². The summed E-state index contributed by atoms with van der Waals surface area (Å²) in [5.74, 6) is 0. The molecule has 0 heterocycles. The van der Waals surface area contributed by atoms with E-state index in [1.165, 1.54) is 11.3 Å². The van der Waals surface area contributed by atoms with Crippen LogP contribution < -0.4 is 0 Å². The topological polar surface area (TPSA) is 27.0 Å². The van der Waals surface area contributed by atoms with Crippen LogP contribution in [0.3, 0.4) is 0 Å². The Morgan fingerprint density at radius 1 is 1.22 bits per heavy atom. The van der Waals surface area contributed by atoms with Crippen LogP contribution in [-0.2, 0) is 0 Å². The van der Waals surface area contributed by atoms with Gasteiger partial charge in [-0.05, 0) is 38.0 Å². The first kappa shape index (κ1) is 14.1. The highest BCUT2D eigenvalue weighted by atomic mass is 15.1.